The van der Waals surface area contributed by atoms with Gasteiger partial charge < -0.3 is 36.4 Å². The first kappa shape index (κ1) is 42.1. The highest BCUT2D eigenvalue weighted by Gasteiger charge is 2.35. The summed E-state index contributed by atoms with van der Waals surface area (Å²) >= 11 is 0. The van der Waals surface area contributed by atoms with E-state index in [0.29, 0.717) is 43.0 Å². The van der Waals surface area contributed by atoms with Gasteiger partial charge in [0, 0.05) is 36.7 Å². The molecule has 0 spiro atoms. The molecule has 290 valence electrons. The van der Waals surface area contributed by atoms with Crippen LogP contribution in [0.3, 0.4) is 0 Å². The Morgan fingerprint density at radius 3 is 2.00 bits per heavy atom. The molecule has 2 heterocycles. The van der Waals surface area contributed by atoms with Crippen molar-refractivity contribution < 1.29 is 30.0 Å². The number of amides is 2. The highest BCUT2D eigenvalue weighted by atomic mass is 16.3. The highest BCUT2D eigenvalue weighted by Crippen LogP contribution is 2.43. The third kappa shape index (κ3) is 14.3. The van der Waals surface area contributed by atoms with Gasteiger partial charge in [-0.25, -0.2) is 4.98 Å². The Morgan fingerprint density at radius 1 is 0.667 bits per heavy atom. The highest BCUT2D eigenvalue weighted by molar-refractivity contribution is 5.91. The lowest BCUT2D eigenvalue weighted by atomic mass is 9.82. The molecule has 2 aromatic carbocycles. The molecule has 7 N–H and O–H groups in total. The maximum Gasteiger partial charge on any atom is 0.248 e. The second-order valence-electron chi connectivity index (χ2n) is 13.8. The molecule has 0 radical (unpaired) electrons. The number of pyridine rings is 2. The minimum Gasteiger partial charge on any atom is -0.394 e. The fourth-order valence-corrected chi connectivity index (χ4v) is 6.58. The Labute approximate surface area is 319 Å². The zero-order chi connectivity index (χ0) is 38.4. The van der Waals surface area contributed by atoms with Gasteiger partial charge in [0.15, 0.2) is 0 Å². The summed E-state index contributed by atoms with van der Waals surface area (Å²) in [7, 11) is 0. The summed E-state index contributed by atoms with van der Waals surface area (Å²) in [6, 6.07) is 28.0. The standard InChI is InChI=1S/C43H57N5O6/c49-31-33(50)21-18-25-37(51)43(54)46-30-15-6-4-2-1-3-5-10-27-39(52)47-35-23-12-11-22-34(35)41(48-38-26-14-17-29-45-38)40(36-24-13-16-28-44-36)42(53)32-19-8-7-9-20-32/h7-9,11-14,16-17,19-20,22-24,26,28-29,33,37,40-42,49-51,53H,1-6,10,15,18,21,25,27,30-31H2,(H,45,48)(H,46,54)(H,47,52). The molecule has 0 aliphatic rings. The second kappa shape index (κ2) is 23.9. The van der Waals surface area contributed by atoms with E-state index < -0.39 is 36.2 Å². The van der Waals surface area contributed by atoms with Crippen molar-refractivity contribution in [1.82, 2.24) is 15.3 Å². The van der Waals surface area contributed by atoms with Crippen molar-refractivity contribution in [3.05, 3.63) is 120 Å². The van der Waals surface area contributed by atoms with Crippen LogP contribution in [0.4, 0.5) is 11.5 Å². The summed E-state index contributed by atoms with van der Waals surface area (Å²) in [6.07, 6.45) is 9.91. The maximum absolute atomic E-state index is 13.3. The number of carbonyl (C=O) groups is 2. The number of hydrogen-bond acceptors (Lipinski definition) is 9. The number of aromatic nitrogens is 2. The molecular formula is C43H57N5O6. The SMILES string of the molecule is O=C(CCCCCCCCCCNC(=O)C(O)CCCC(O)CO)Nc1ccccc1C(Nc1ccccn1)C(c1ccccn1)C(O)c1ccccc1. The number of benzene rings is 2. The summed E-state index contributed by atoms with van der Waals surface area (Å²) in [4.78, 5) is 34.5. The van der Waals surface area contributed by atoms with E-state index in [2.05, 4.69) is 25.9 Å². The average molecular weight is 740 g/mol. The van der Waals surface area contributed by atoms with Gasteiger partial charge >= 0.3 is 0 Å². The van der Waals surface area contributed by atoms with Crippen LogP contribution < -0.4 is 16.0 Å². The van der Waals surface area contributed by atoms with Crippen LogP contribution in [0.5, 0.6) is 0 Å². The summed E-state index contributed by atoms with van der Waals surface area (Å²) in [6.45, 7) is 0.200. The van der Waals surface area contributed by atoms with Gasteiger partial charge in [0.2, 0.25) is 11.8 Å². The summed E-state index contributed by atoms with van der Waals surface area (Å²) < 4.78 is 0. The largest absolute Gasteiger partial charge is 0.394 e. The van der Waals surface area contributed by atoms with Crippen LogP contribution >= 0.6 is 0 Å². The third-order valence-electron chi connectivity index (χ3n) is 9.57. The number of hydrogen-bond donors (Lipinski definition) is 7. The molecule has 11 heteroatoms. The first-order chi connectivity index (χ1) is 26.4. The molecule has 11 nitrogen and oxygen atoms in total. The van der Waals surface area contributed by atoms with Gasteiger partial charge in [0.25, 0.3) is 0 Å². The first-order valence-electron chi connectivity index (χ1n) is 19.3. The van der Waals surface area contributed by atoms with Crippen molar-refractivity contribution in [1.29, 1.82) is 0 Å². The van der Waals surface area contributed by atoms with Crippen LogP contribution in [0.2, 0.25) is 0 Å². The lowest BCUT2D eigenvalue weighted by Gasteiger charge is -2.33. The van der Waals surface area contributed by atoms with Gasteiger partial charge in [0.1, 0.15) is 11.9 Å². The molecule has 54 heavy (non-hydrogen) atoms. The Hall–Kier alpha value is -4.68. The molecule has 4 aromatic rings. The van der Waals surface area contributed by atoms with Crippen molar-refractivity contribution in [3.63, 3.8) is 0 Å². The lowest BCUT2D eigenvalue weighted by Crippen LogP contribution is -2.35. The third-order valence-corrected chi connectivity index (χ3v) is 9.57. The van der Waals surface area contributed by atoms with Crippen molar-refractivity contribution in [3.8, 4) is 0 Å². The van der Waals surface area contributed by atoms with Crippen LogP contribution in [0, 0.1) is 0 Å². The van der Waals surface area contributed by atoms with E-state index in [-0.39, 0.29) is 18.9 Å². The van der Waals surface area contributed by atoms with E-state index in [1.54, 1.807) is 12.4 Å². The summed E-state index contributed by atoms with van der Waals surface area (Å²) in [5.41, 5.74) is 2.94. The van der Waals surface area contributed by atoms with E-state index in [1.807, 2.05) is 91.0 Å². The zero-order valence-electron chi connectivity index (χ0n) is 31.1. The molecule has 2 amide bonds. The van der Waals surface area contributed by atoms with Gasteiger partial charge in [0.05, 0.1) is 30.8 Å². The first-order valence-corrected chi connectivity index (χ1v) is 19.3. The number of rotatable bonds is 25. The molecule has 5 unspecified atom stereocenters. The van der Waals surface area contributed by atoms with Crippen LogP contribution in [-0.2, 0) is 9.59 Å². The number of aliphatic hydroxyl groups excluding tert-OH is 4. The molecule has 0 saturated heterocycles. The minimum atomic E-state index is -1.10. The number of aliphatic hydroxyl groups is 4. The van der Waals surface area contributed by atoms with E-state index in [0.717, 1.165) is 62.5 Å². The topological polar surface area (TPSA) is 177 Å². The Bertz CT molecular complexity index is 1630. The van der Waals surface area contributed by atoms with E-state index in [4.69, 9.17) is 5.11 Å². The van der Waals surface area contributed by atoms with Crippen molar-refractivity contribution >= 4 is 23.3 Å². The van der Waals surface area contributed by atoms with Gasteiger partial charge in [-0.05, 0) is 73.6 Å². The monoisotopic (exact) mass is 739 g/mol. The number of nitrogens with zero attached hydrogens (tertiary/aromatic N) is 2. The Balaban J connectivity index is 1.25. The van der Waals surface area contributed by atoms with Crippen LogP contribution in [0.15, 0.2) is 103 Å². The quantitative estimate of drug-likeness (QED) is 0.0369. The molecule has 0 aliphatic heterocycles. The molecule has 2 aromatic heterocycles. The van der Waals surface area contributed by atoms with Gasteiger partial charge in [-0.15, -0.1) is 0 Å². The predicted molar refractivity (Wildman–Crippen MR) is 212 cm³/mol. The number of nitrogens with one attached hydrogen (secondary N) is 3. The van der Waals surface area contributed by atoms with Gasteiger partial charge in [-0.3, -0.25) is 14.6 Å². The minimum absolute atomic E-state index is 0.0630. The smallest absolute Gasteiger partial charge is 0.248 e. The molecule has 0 aliphatic carbocycles. The second-order valence-corrected chi connectivity index (χ2v) is 13.8. The van der Waals surface area contributed by atoms with Crippen molar-refractivity contribution in [2.75, 3.05) is 23.8 Å². The Kier molecular flexibility index (Phi) is 18.6. The van der Waals surface area contributed by atoms with E-state index in [9.17, 15) is 24.9 Å². The molecule has 0 fully saturated rings. The maximum atomic E-state index is 13.3. The fraction of sp³-hybridized carbons (Fsp3) is 0.442. The van der Waals surface area contributed by atoms with Gasteiger partial charge in [-0.2, -0.15) is 0 Å². The molecule has 0 saturated carbocycles. The summed E-state index contributed by atoms with van der Waals surface area (Å²) in [5.74, 6) is -0.351. The number of para-hydroxylation sites is 1. The molecule has 4 rings (SSSR count). The van der Waals surface area contributed by atoms with Crippen LogP contribution in [0.25, 0.3) is 0 Å². The average Bonchev–Trinajstić information content (AvgIpc) is 3.20. The predicted octanol–water partition coefficient (Wildman–Crippen LogP) is 6.60. The summed E-state index contributed by atoms with van der Waals surface area (Å²) in [5, 5.41) is 49.6. The van der Waals surface area contributed by atoms with Crippen LogP contribution in [0.1, 0.15) is 112 Å². The van der Waals surface area contributed by atoms with Crippen LogP contribution in [-0.4, -0.2) is 67.6 Å². The number of unbranched alkanes of at least 4 members (excludes halogenated alkanes) is 7. The molecular weight excluding hydrogens is 683 g/mol. The number of carbonyl (C=O) groups excluding carboxylic acids is 2. The van der Waals surface area contributed by atoms with Crippen molar-refractivity contribution in [2.24, 2.45) is 0 Å². The molecule has 5 atom stereocenters. The van der Waals surface area contributed by atoms with Gasteiger partial charge in [-0.1, -0.05) is 99.2 Å². The molecule has 0 bridgehead atoms. The number of anilines is 2. The Morgan fingerprint density at radius 2 is 1.31 bits per heavy atom. The lowest BCUT2D eigenvalue weighted by molar-refractivity contribution is -0.129. The normalized spacial score (nSPS) is 14.0. The fourth-order valence-electron chi connectivity index (χ4n) is 6.58. The zero-order valence-corrected chi connectivity index (χ0v) is 31.1. The van der Waals surface area contributed by atoms with E-state index >= 15 is 0 Å². The van der Waals surface area contributed by atoms with E-state index in [1.165, 1.54) is 0 Å². The van der Waals surface area contributed by atoms with Crippen molar-refractivity contribution in [2.45, 2.75) is 107 Å².